The van der Waals surface area contributed by atoms with Gasteiger partial charge in [-0.15, -0.1) is 12.4 Å². The molecule has 0 amide bonds. The van der Waals surface area contributed by atoms with E-state index >= 15 is 0 Å². The van der Waals surface area contributed by atoms with Crippen LogP contribution in [0.3, 0.4) is 0 Å². The Kier molecular flexibility index (Phi) is 6.80. The Hall–Kier alpha value is -0.610. The molecule has 0 spiro atoms. The first kappa shape index (κ1) is 16.4. The standard InChI is InChI=1S/C15H24N2O.ClH/c1-12-4-3-5-14(13(12)2)15(6-11-18)17-9-7-16-8-10-17;/h3-5,15-16,18H,6-11H2,1-2H3;1H/t15-;/m0./s1. The van der Waals surface area contributed by atoms with Gasteiger partial charge in [-0.05, 0) is 37.0 Å². The first-order chi connectivity index (χ1) is 8.74. The van der Waals surface area contributed by atoms with Crippen molar-refractivity contribution in [1.29, 1.82) is 0 Å². The summed E-state index contributed by atoms with van der Waals surface area (Å²) in [5.41, 5.74) is 4.09. The molecule has 19 heavy (non-hydrogen) atoms. The van der Waals surface area contributed by atoms with Gasteiger partial charge in [0.05, 0.1) is 0 Å². The molecule has 1 aromatic carbocycles. The Balaban J connectivity index is 0.00000180. The van der Waals surface area contributed by atoms with Gasteiger partial charge in [0, 0.05) is 38.8 Å². The lowest BCUT2D eigenvalue weighted by Gasteiger charge is -2.36. The van der Waals surface area contributed by atoms with Crippen molar-refractivity contribution in [1.82, 2.24) is 10.2 Å². The summed E-state index contributed by atoms with van der Waals surface area (Å²) in [5, 5.41) is 12.7. The highest BCUT2D eigenvalue weighted by Gasteiger charge is 2.23. The van der Waals surface area contributed by atoms with Crippen molar-refractivity contribution in [3.05, 3.63) is 34.9 Å². The molecular weight excluding hydrogens is 260 g/mol. The van der Waals surface area contributed by atoms with Gasteiger partial charge in [-0.25, -0.2) is 0 Å². The fraction of sp³-hybridized carbons (Fsp3) is 0.600. The molecule has 1 atom stereocenters. The highest BCUT2D eigenvalue weighted by molar-refractivity contribution is 5.85. The summed E-state index contributed by atoms with van der Waals surface area (Å²) < 4.78 is 0. The molecule has 0 bridgehead atoms. The fourth-order valence-corrected chi connectivity index (χ4v) is 2.79. The third-order valence-corrected chi connectivity index (χ3v) is 4.00. The van der Waals surface area contributed by atoms with Gasteiger partial charge in [-0.2, -0.15) is 0 Å². The molecule has 1 saturated heterocycles. The number of aliphatic hydroxyl groups is 1. The highest BCUT2D eigenvalue weighted by Crippen LogP contribution is 2.28. The second-order valence-corrected chi connectivity index (χ2v) is 5.10. The second-order valence-electron chi connectivity index (χ2n) is 5.10. The van der Waals surface area contributed by atoms with Crippen LogP contribution in [0.25, 0.3) is 0 Å². The Morgan fingerprint density at radius 2 is 1.95 bits per heavy atom. The quantitative estimate of drug-likeness (QED) is 0.888. The molecule has 1 heterocycles. The van der Waals surface area contributed by atoms with Crippen molar-refractivity contribution in [2.24, 2.45) is 0 Å². The van der Waals surface area contributed by atoms with E-state index in [0.29, 0.717) is 6.04 Å². The van der Waals surface area contributed by atoms with Gasteiger partial charge in [0.25, 0.3) is 0 Å². The zero-order chi connectivity index (χ0) is 13.0. The van der Waals surface area contributed by atoms with Crippen molar-refractivity contribution in [2.45, 2.75) is 26.3 Å². The van der Waals surface area contributed by atoms with E-state index in [2.05, 4.69) is 42.3 Å². The van der Waals surface area contributed by atoms with Crippen LogP contribution < -0.4 is 5.32 Å². The molecular formula is C15H25ClN2O. The number of halogens is 1. The number of nitrogens with zero attached hydrogens (tertiary/aromatic N) is 1. The number of nitrogens with one attached hydrogen (secondary N) is 1. The lowest BCUT2D eigenvalue weighted by atomic mass is 9.94. The maximum absolute atomic E-state index is 9.35. The Morgan fingerprint density at radius 1 is 1.26 bits per heavy atom. The zero-order valence-corrected chi connectivity index (χ0v) is 12.7. The summed E-state index contributed by atoms with van der Waals surface area (Å²) in [5.74, 6) is 0. The van der Waals surface area contributed by atoms with E-state index < -0.39 is 0 Å². The van der Waals surface area contributed by atoms with Gasteiger partial charge in [0.1, 0.15) is 0 Å². The summed E-state index contributed by atoms with van der Waals surface area (Å²) in [6.07, 6.45) is 0.824. The zero-order valence-electron chi connectivity index (χ0n) is 11.9. The van der Waals surface area contributed by atoms with Crippen LogP contribution in [0.2, 0.25) is 0 Å². The van der Waals surface area contributed by atoms with Crippen LogP contribution in [-0.2, 0) is 0 Å². The molecule has 3 nitrogen and oxygen atoms in total. The smallest absolute Gasteiger partial charge is 0.0449 e. The topological polar surface area (TPSA) is 35.5 Å². The lowest BCUT2D eigenvalue weighted by molar-refractivity contribution is 0.140. The lowest BCUT2D eigenvalue weighted by Crippen LogP contribution is -2.45. The van der Waals surface area contributed by atoms with Gasteiger partial charge in [0.15, 0.2) is 0 Å². The number of piperazine rings is 1. The molecule has 2 rings (SSSR count). The molecule has 4 heteroatoms. The van der Waals surface area contributed by atoms with Gasteiger partial charge in [-0.3, -0.25) is 4.90 Å². The van der Waals surface area contributed by atoms with Crippen LogP contribution in [0, 0.1) is 13.8 Å². The minimum atomic E-state index is 0. The Morgan fingerprint density at radius 3 is 2.58 bits per heavy atom. The van der Waals surface area contributed by atoms with Crippen molar-refractivity contribution in [3.63, 3.8) is 0 Å². The normalized spacial score (nSPS) is 17.8. The SMILES string of the molecule is Cc1cccc([C@H](CCO)N2CCNCC2)c1C.Cl. The van der Waals surface area contributed by atoms with Crippen molar-refractivity contribution in [3.8, 4) is 0 Å². The third-order valence-electron chi connectivity index (χ3n) is 4.00. The number of hydrogen-bond acceptors (Lipinski definition) is 3. The number of benzene rings is 1. The maximum atomic E-state index is 9.35. The summed E-state index contributed by atoms with van der Waals surface area (Å²) in [7, 11) is 0. The van der Waals surface area contributed by atoms with Crippen LogP contribution in [0.4, 0.5) is 0 Å². The third kappa shape index (κ3) is 3.93. The molecule has 0 aromatic heterocycles. The summed E-state index contributed by atoms with van der Waals surface area (Å²) >= 11 is 0. The minimum Gasteiger partial charge on any atom is -0.396 e. The van der Waals surface area contributed by atoms with Crippen LogP contribution in [0.1, 0.15) is 29.2 Å². The van der Waals surface area contributed by atoms with E-state index in [4.69, 9.17) is 0 Å². The molecule has 1 aliphatic heterocycles. The van der Waals surface area contributed by atoms with Crippen LogP contribution in [0.15, 0.2) is 18.2 Å². The summed E-state index contributed by atoms with van der Waals surface area (Å²) in [4.78, 5) is 2.49. The van der Waals surface area contributed by atoms with Crippen molar-refractivity contribution >= 4 is 12.4 Å². The van der Waals surface area contributed by atoms with E-state index in [1.165, 1.54) is 16.7 Å². The number of aryl methyl sites for hydroxylation is 1. The van der Waals surface area contributed by atoms with E-state index in [-0.39, 0.29) is 19.0 Å². The van der Waals surface area contributed by atoms with Gasteiger partial charge >= 0.3 is 0 Å². The van der Waals surface area contributed by atoms with E-state index in [0.717, 1.165) is 32.6 Å². The molecule has 0 saturated carbocycles. The number of hydrogen-bond donors (Lipinski definition) is 2. The molecule has 108 valence electrons. The van der Waals surface area contributed by atoms with Gasteiger partial charge < -0.3 is 10.4 Å². The molecule has 1 fully saturated rings. The monoisotopic (exact) mass is 284 g/mol. The predicted molar refractivity (Wildman–Crippen MR) is 82.1 cm³/mol. The molecule has 1 aromatic rings. The largest absolute Gasteiger partial charge is 0.396 e. The minimum absolute atomic E-state index is 0. The summed E-state index contributed by atoms with van der Waals surface area (Å²) in [6.45, 7) is 8.83. The molecule has 0 aliphatic carbocycles. The first-order valence-electron chi connectivity index (χ1n) is 6.85. The number of aliphatic hydroxyl groups excluding tert-OH is 1. The summed E-state index contributed by atoms with van der Waals surface area (Å²) in [6, 6.07) is 6.86. The first-order valence-corrected chi connectivity index (χ1v) is 6.85. The molecule has 2 N–H and O–H groups in total. The average molecular weight is 285 g/mol. The van der Waals surface area contributed by atoms with Crippen molar-refractivity contribution < 1.29 is 5.11 Å². The van der Waals surface area contributed by atoms with Crippen molar-refractivity contribution in [2.75, 3.05) is 32.8 Å². The second kappa shape index (κ2) is 7.85. The van der Waals surface area contributed by atoms with Crippen LogP contribution >= 0.6 is 12.4 Å². The van der Waals surface area contributed by atoms with E-state index in [9.17, 15) is 5.11 Å². The fourth-order valence-electron chi connectivity index (χ4n) is 2.79. The highest BCUT2D eigenvalue weighted by atomic mass is 35.5. The van der Waals surface area contributed by atoms with Gasteiger partial charge in [0.2, 0.25) is 0 Å². The molecule has 0 unspecified atom stereocenters. The Labute approximate surface area is 122 Å². The van der Waals surface area contributed by atoms with Crippen LogP contribution in [-0.4, -0.2) is 42.8 Å². The van der Waals surface area contributed by atoms with E-state index in [1.807, 2.05) is 0 Å². The van der Waals surface area contributed by atoms with Gasteiger partial charge in [-0.1, -0.05) is 18.2 Å². The molecule has 0 radical (unpaired) electrons. The van der Waals surface area contributed by atoms with E-state index in [1.54, 1.807) is 0 Å². The predicted octanol–water partition coefficient (Wildman–Crippen LogP) is 2.05. The number of rotatable bonds is 4. The molecule has 1 aliphatic rings. The maximum Gasteiger partial charge on any atom is 0.0449 e. The Bertz CT molecular complexity index is 392. The average Bonchev–Trinajstić information content (AvgIpc) is 2.41. The van der Waals surface area contributed by atoms with Crippen LogP contribution in [0.5, 0.6) is 0 Å².